The molecule has 0 aliphatic carbocycles. The van der Waals surface area contributed by atoms with Crippen LogP contribution in [0, 0.1) is 6.92 Å². The molecule has 0 aliphatic heterocycles. The summed E-state index contributed by atoms with van der Waals surface area (Å²) in [4.78, 5) is 3.14. The molecule has 1 aromatic rings. The molecule has 15 heavy (non-hydrogen) atoms. The molecule has 0 aliphatic rings. The second-order valence-corrected chi connectivity index (χ2v) is 3.17. The summed E-state index contributed by atoms with van der Waals surface area (Å²) in [6.07, 6.45) is 6.68. The van der Waals surface area contributed by atoms with E-state index in [-0.39, 0.29) is 0 Å². The van der Waals surface area contributed by atoms with Crippen molar-refractivity contribution in [3.05, 3.63) is 18.2 Å². The van der Waals surface area contributed by atoms with Crippen molar-refractivity contribution in [3.63, 3.8) is 0 Å². The Labute approximate surface area is 86.4 Å². The third-order valence-corrected chi connectivity index (χ3v) is 1.59. The third-order valence-electron chi connectivity index (χ3n) is 1.59. The maximum absolute atomic E-state index is 9.75. The van der Waals surface area contributed by atoms with Crippen molar-refractivity contribution >= 4 is 7.25 Å². The number of aromatic nitrogens is 2. The molecule has 0 unspecified atom stereocenters. The molecule has 0 atom stereocenters. The average Bonchev–Trinajstić information content (AvgIpc) is 2.45. The summed E-state index contributed by atoms with van der Waals surface area (Å²) in [5.74, 6) is 0. The van der Waals surface area contributed by atoms with Gasteiger partial charge in [-0.15, -0.1) is 0 Å². The number of rotatable bonds is 3. The average molecular weight is 226 g/mol. The fraction of sp³-hybridized carbons (Fsp3) is 0.625. The summed E-state index contributed by atoms with van der Waals surface area (Å²) in [6, 6.07) is 0. The topological polar surface area (TPSA) is 19.7 Å². The highest BCUT2D eigenvalue weighted by atomic mass is 19.5. The fourth-order valence-corrected chi connectivity index (χ4v) is 0.978. The van der Waals surface area contributed by atoms with Gasteiger partial charge < -0.3 is 17.3 Å². The Morgan fingerprint density at radius 1 is 1.33 bits per heavy atom. The van der Waals surface area contributed by atoms with Crippen LogP contribution in [0.4, 0.5) is 17.3 Å². The Kier molecular flexibility index (Phi) is 6.04. The van der Waals surface area contributed by atoms with Crippen molar-refractivity contribution in [2.45, 2.75) is 33.2 Å². The van der Waals surface area contributed by atoms with Gasteiger partial charge in [-0.25, -0.2) is 9.55 Å². The first kappa shape index (κ1) is 14.0. The fourth-order valence-electron chi connectivity index (χ4n) is 0.978. The first-order chi connectivity index (χ1) is 6.83. The summed E-state index contributed by atoms with van der Waals surface area (Å²) >= 11 is 0. The molecule has 1 heterocycles. The highest BCUT2D eigenvalue weighted by Gasteiger charge is 2.20. The molecule has 0 spiro atoms. The monoisotopic (exact) mass is 226 g/mol. The molecule has 0 radical (unpaired) electrons. The first-order valence-corrected chi connectivity index (χ1v) is 4.74. The minimum absolute atomic E-state index is 1.14. The highest BCUT2D eigenvalue weighted by Crippen LogP contribution is 2.06. The highest BCUT2D eigenvalue weighted by molar-refractivity contribution is 6.50. The number of H-pyrrole nitrogens is 1. The Balaban J connectivity index is 0.000000336. The van der Waals surface area contributed by atoms with E-state index in [1.54, 1.807) is 0 Å². The normalized spacial score (nSPS) is 10.8. The molecule has 2 nitrogen and oxygen atoms in total. The standard InChI is InChI=1S/C8H14N2.BF4/c1-3-4-5-10-6-8(2)9-7-10;2-1(3,4)5/h6-7H,3-5H2,1-2H3;/q;-1/p+1. The number of halogens is 4. The lowest BCUT2D eigenvalue weighted by Crippen LogP contribution is -2.30. The van der Waals surface area contributed by atoms with Gasteiger partial charge in [-0.1, -0.05) is 13.3 Å². The molecule has 88 valence electrons. The summed E-state index contributed by atoms with van der Waals surface area (Å²) in [7, 11) is -6.00. The number of hydrogen-bond acceptors (Lipinski definition) is 0. The van der Waals surface area contributed by atoms with E-state index < -0.39 is 7.25 Å². The van der Waals surface area contributed by atoms with Gasteiger partial charge >= 0.3 is 7.25 Å². The van der Waals surface area contributed by atoms with Crippen LogP contribution >= 0.6 is 0 Å². The van der Waals surface area contributed by atoms with E-state index in [0.29, 0.717) is 0 Å². The van der Waals surface area contributed by atoms with Crippen molar-refractivity contribution in [3.8, 4) is 0 Å². The zero-order chi connectivity index (χ0) is 11.9. The second kappa shape index (κ2) is 6.47. The van der Waals surface area contributed by atoms with Crippen LogP contribution in [0.3, 0.4) is 0 Å². The van der Waals surface area contributed by atoms with Gasteiger partial charge in [0.05, 0.1) is 6.54 Å². The quantitative estimate of drug-likeness (QED) is 0.464. The molecule has 0 saturated carbocycles. The molecule has 1 N–H and O–H groups in total. The van der Waals surface area contributed by atoms with Crippen LogP contribution in [0.1, 0.15) is 25.5 Å². The smallest absolute Gasteiger partial charge is 0.418 e. The predicted molar refractivity (Wildman–Crippen MR) is 50.8 cm³/mol. The maximum Gasteiger partial charge on any atom is 0.673 e. The zero-order valence-electron chi connectivity index (χ0n) is 8.81. The lowest BCUT2D eigenvalue weighted by atomic mass is 10.3. The van der Waals surface area contributed by atoms with Crippen LogP contribution in [-0.2, 0) is 6.54 Å². The number of nitrogens with one attached hydrogen (secondary N) is 1. The third kappa shape index (κ3) is 10.9. The molecular formula is C8H15BF4N2. The first-order valence-electron chi connectivity index (χ1n) is 4.74. The Morgan fingerprint density at radius 3 is 2.20 bits per heavy atom. The van der Waals surface area contributed by atoms with Gasteiger partial charge in [0.25, 0.3) is 0 Å². The minimum atomic E-state index is -6.00. The van der Waals surface area contributed by atoms with Gasteiger partial charge in [-0.05, 0) is 6.42 Å². The van der Waals surface area contributed by atoms with E-state index in [1.165, 1.54) is 18.5 Å². The lowest BCUT2D eigenvalue weighted by Gasteiger charge is -1.94. The summed E-state index contributed by atoms with van der Waals surface area (Å²) in [6.45, 7) is 5.42. The molecule has 0 bridgehead atoms. The van der Waals surface area contributed by atoms with E-state index in [9.17, 15) is 17.3 Å². The Bertz CT molecular complexity index is 266. The summed E-state index contributed by atoms with van der Waals surface area (Å²) in [5, 5.41) is 0. The molecule has 7 heteroatoms. The molecule has 1 aromatic heterocycles. The molecular weight excluding hydrogens is 211 g/mol. The molecule has 0 fully saturated rings. The number of aryl methyl sites for hydroxylation is 2. The van der Waals surface area contributed by atoms with Gasteiger partial charge in [0.1, 0.15) is 11.9 Å². The van der Waals surface area contributed by atoms with Crippen molar-refractivity contribution in [2.75, 3.05) is 0 Å². The van der Waals surface area contributed by atoms with Gasteiger partial charge in [0.2, 0.25) is 6.33 Å². The van der Waals surface area contributed by atoms with E-state index in [2.05, 4.69) is 29.6 Å². The van der Waals surface area contributed by atoms with E-state index >= 15 is 0 Å². The molecule has 0 aromatic carbocycles. The van der Waals surface area contributed by atoms with Crippen LogP contribution in [0.5, 0.6) is 0 Å². The van der Waals surface area contributed by atoms with Gasteiger partial charge in [0.15, 0.2) is 0 Å². The number of aromatic amines is 1. The van der Waals surface area contributed by atoms with Crippen molar-refractivity contribution in [2.24, 2.45) is 0 Å². The molecule has 0 amide bonds. The molecule has 0 saturated heterocycles. The Hall–Kier alpha value is -1.01. The number of nitrogens with zero attached hydrogens (tertiary/aromatic N) is 1. The SMILES string of the molecule is CCCC[n+]1c[nH]c(C)c1.F[B-](F)(F)F. The van der Waals surface area contributed by atoms with Gasteiger partial charge in [0, 0.05) is 6.92 Å². The Morgan fingerprint density at radius 2 is 1.87 bits per heavy atom. The van der Waals surface area contributed by atoms with Crippen LogP contribution in [0.25, 0.3) is 0 Å². The van der Waals surface area contributed by atoms with Crippen molar-refractivity contribution < 1.29 is 21.8 Å². The van der Waals surface area contributed by atoms with Crippen molar-refractivity contribution in [1.82, 2.24) is 4.98 Å². The van der Waals surface area contributed by atoms with E-state index in [4.69, 9.17) is 0 Å². The van der Waals surface area contributed by atoms with Crippen LogP contribution in [-0.4, -0.2) is 12.2 Å². The van der Waals surface area contributed by atoms with Crippen LogP contribution < -0.4 is 4.57 Å². The summed E-state index contributed by atoms with van der Waals surface area (Å²) in [5.41, 5.74) is 1.23. The van der Waals surface area contributed by atoms with Crippen LogP contribution in [0.15, 0.2) is 12.5 Å². The van der Waals surface area contributed by atoms with Gasteiger partial charge in [-0.2, -0.15) is 0 Å². The largest absolute Gasteiger partial charge is 0.673 e. The van der Waals surface area contributed by atoms with Crippen LogP contribution in [0.2, 0.25) is 0 Å². The minimum Gasteiger partial charge on any atom is -0.418 e. The van der Waals surface area contributed by atoms with E-state index in [1.807, 2.05) is 6.33 Å². The number of hydrogen-bond donors (Lipinski definition) is 1. The lowest BCUT2D eigenvalue weighted by molar-refractivity contribution is -0.696. The molecule has 1 rings (SSSR count). The van der Waals surface area contributed by atoms with E-state index in [0.717, 1.165) is 6.54 Å². The zero-order valence-corrected chi connectivity index (χ0v) is 8.81. The van der Waals surface area contributed by atoms with Crippen molar-refractivity contribution in [1.29, 1.82) is 0 Å². The number of imidazole rings is 1. The predicted octanol–water partition coefficient (Wildman–Crippen LogP) is 2.71. The number of unbranched alkanes of at least 4 members (excludes halogenated alkanes) is 1. The second-order valence-electron chi connectivity index (χ2n) is 3.17. The maximum atomic E-state index is 9.75. The van der Waals surface area contributed by atoms with Gasteiger partial charge in [-0.3, -0.25) is 0 Å². The summed E-state index contributed by atoms with van der Waals surface area (Å²) < 4.78 is 41.2.